The molecule has 2 aromatic heterocycles. The molecule has 1 aliphatic heterocycles. The maximum absolute atomic E-state index is 14.1. The second-order valence-corrected chi connectivity index (χ2v) is 9.11. The molecule has 3 N–H and O–H groups in total. The van der Waals surface area contributed by atoms with E-state index in [-0.39, 0.29) is 17.9 Å². The molecule has 3 heterocycles. The Morgan fingerprint density at radius 1 is 1.00 bits per heavy atom. The summed E-state index contributed by atoms with van der Waals surface area (Å²) >= 11 is 0.611. The number of anilines is 1. The number of nitrogens with one attached hydrogen (secondary N) is 3. The molecule has 4 aromatic rings. The fourth-order valence-corrected chi connectivity index (χ4v) is 3.93. The van der Waals surface area contributed by atoms with Crippen LogP contribution >= 0.6 is 0 Å². The van der Waals surface area contributed by atoms with Crippen LogP contribution in [0.3, 0.4) is 0 Å². The predicted octanol–water partition coefficient (Wildman–Crippen LogP) is 7.31. The molecule has 1 unspecified atom stereocenters. The minimum atomic E-state index is -4.26. The van der Waals surface area contributed by atoms with E-state index in [2.05, 4.69) is 32.5 Å². The van der Waals surface area contributed by atoms with Crippen LogP contribution in [0.5, 0.6) is 11.6 Å². The molecular weight excluding hydrogens is 776 g/mol. The van der Waals surface area contributed by atoms with E-state index in [0.717, 1.165) is 12.1 Å². The molecule has 236 valence electrons. The Labute approximate surface area is 257 Å². The molecule has 0 bridgehead atoms. The van der Waals surface area contributed by atoms with E-state index < -0.39 is 46.8 Å². The normalized spacial score (nSPS) is 16.1. The van der Waals surface area contributed by atoms with Gasteiger partial charge < -0.3 is 21.1 Å². The van der Waals surface area contributed by atoms with E-state index in [0.29, 0.717) is 61.0 Å². The standard InChI is InChI=1S/C20H17F4N6O.C8H6F3.O.Os/c21-10-6-11(9-26-8-10)29-20-28-5-3-14(30-20)12-2-1-4-27-19(12)31-15-7-13(22)18(25)17(24)16(15)23;1-6-3-2-4-7(5-6)8(9,10)11;;/h1-5,7,10-11,25-26H,6,8-9H2,(H,28,29,30);2-5H,1H2;;/q2*-1;;/t10-,11?;;;/m0.../s1. The Hall–Kier alpha value is -4.15. The summed E-state index contributed by atoms with van der Waals surface area (Å²) in [6.45, 7) is 4.25. The zero-order valence-corrected chi connectivity index (χ0v) is 25.0. The Kier molecular flexibility index (Phi) is 12.1. The first-order chi connectivity index (χ1) is 20.9. The van der Waals surface area contributed by atoms with Crippen molar-refractivity contribution in [2.75, 3.05) is 18.4 Å². The van der Waals surface area contributed by atoms with E-state index in [1.807, 2.05) is 0 Å². The first-order valence-electron chi connectivity index (χ1n) is 12.5. The second kappa shape index (κ2) is 15.5. The second-order valence-electron chi connectivity index (χ2n) is 9.11. The van der Waals surface area contributed by atoms with Crippen LogP contribution < -0.4 is 15.4 Å². The molecule has 5 rings (SSSR count). The van der Waals surface area contributed by atoms with Gasteiger partial charge in [0, 0.05) is 44.0 Å². The van der Waals surface area contributed by atoms with Crippen molar-refractivity contribution in [2.24, 2.45) is 0 Å². The summed E-state index contributed by atoms with van der Waals surface area (Å²) in [5.41, 5.74) is 6.36. The summed E-state index contributed by atoms with van der Waals surface area (Å²) in [6.07, 6.45) is -2.09. The quantitative estimate of drug-likeness (QED) is 0.124. The van der Waals surface area contributed by atoms with Gasteiger partial charge in [-0.2, -0.15) is 42.2 Å². The van der Waals surface area contributed by atoms with E-state index >= 15 is 0 Å². The average Bonchev–Trinajstić information content (AvgIpc) is 3.00. The molecule has 16 heteroatoms. The van der Waals surface area contributed by atoms with Gasteiger partial charge in [-0.05, 0) is 23.8 Å². The van der Waals surface area contributed by atoms with Crippen molar-refractivity contribution in [1.29, 1.82) is 0 Å². The Balaban J connectivity index is 0.000000342. The molecule has 1 aliphatic rings. The third-order valence-corrected chi connectivity index (χ3v) is 5.92. The van der Waals surface area contributed by atoms with Crippen molar-refractivity contribution in [1.82, 2.24) is 20.3 Å². The summed E-state index contributed by atoms with van der Waals surface area (Å²) in [4.78, 5) is 12.5. The SMILES string of the molecule is [CH2-]c1cccc(C(F)(F)F)c1.[NH-]c1c(F)cc(Oc2ncccc2-c2ccnc(NC3CNC[C@@H](F)C3)n2)c(F)c1F.[O]=[Os]. The van der Waals surface area contributed by atoms with Crippen molar-refractivity contribution in [3.8, 4) is 22.9 Å². The van der Waals surface area contributed by atoms with Crippen LogP contribution in [-0.2, 0) is 28.3 Å². The number of halogens is 7. The summed E-state index contributed by atoms with van der Waals surface area (Å²) in [7, 11) is 0. The molecule has 2 atom stereocenters. The van der Waals surface area contributed by atoms with Crippen LogP contribution in [0.25, 0.3) is 17.0 Å². The van der Waals surface area contributed by atoms with Crippen LogP contribution in [0.15, 0.2) is 60.9 Å². The van der Waals surface area contributed by atoms with Gasteiger partial charge in [0.2, 0.25) is 11.8 Å². The van der Waals surface area contributed by atoms with Gasteiger partial charge in [-0.15, -0.1) is 6.07 Å². The first-order valence-corrected chi connectivity index (χ1v) is 13.6. The number of alkyl halides is 4. The third-order valence-electron chi connectivity index (χ3n) is 5.92. The number of ether oxygens (including phenoxy) is 1. The van der Waals surface area contributed by atoms with Gasteiger partial charge in [0.15, 0.2) is 17.4 Å². The van der Waals surface area contributed by atoms with Crippen molar-refractivity contribution >= 4 is 11.6 Å². The number of piperidine rings is 1. The molecule has 0 aliphatic carbocycles. The molecule has 0 amide bonds. The van der Waals surface area contributed by atoms with Gasteiger partial charge in [0.25, 0.3) is 0 Å². The predicted molar refractivity (Wildman–Crippen MR) is 142 cm³/mol. The van der Waals surface area contributed by atoms with Crippen LogP contribution in [0.4, 0.5) is 42.4 Å². The molecule has 0 spiro atoms. The average molecular weight is 799 g/mol. The number of hydrogen-bond acceptors (Lipinski definition) is 7. The van der Waals surface area contributed by atoms with Gasteiger partial charge in [-0.25, -0.2) is 28.1 Å². The topological polar surface area (TPSA) is 113 Å². The number of benzene rings is 2. The van der Waals surface area contributed by atoms with E-state index in [9.17, 15) is 30.7 Å². The fourth-order valence-electron chi connectivity index (χ4n) is 3.93. The van der Waals surface area contributed by atoms with Crippen molar-refractivity contribution in [3.05, 3.63) is 102 Å². The number of pyridine rings is 1. The Morgan fingerprint density at radius 2 is 1.75 bits per heavy atom. The zero-order chi connectivity index (χ0) is 32.4. The van der Waals surface area contributed by atoms with Gasteiger partial charge in [-0.1, -0.05) is 11.8 Å². The number of nitrogens with zero attached hydrogens (tertiary/aromatic N) is 3. The van der Waals surface area contributed by atoms with Crippen molar-refractivity contribution in [2.45, 2.75) is 24.8 Å². The Bertz CT molecular complexity index is 1560. The monoisotopic (exact) mass is 800 g/mol. The van der Waals surface area contributed by atoms with Crippen LogP contribution in [0.2, 0.25) is 0 Å². The molecule has 2 aromatic carbocycles. The number of hydrogen-bond donors (Lipinski definition) is 2. The third kappa shape index (κ3) is 9.17. The van der Waals surface area contributed by atoms with Crippen LogP contribution in [-0.4, -0.2) is 40.3 Å². The van der Waals surface area contributed by atoms with Crippen molar-refractivity contribution in [3.63, 3.8) is 0 Å². The number of aromatic nitrogens is 3. The first kappa shape index (κ1) is 34.3. The summed E-state index contributed by atoms with van der Waals surface area (Å²) < 4.78 is 105. The molecule has 1 fully saturated rings. The van der Waals surface area contributed by atoms with E-state index in [4.69, 9.17) is 14.0 Å². The van der Waals surface area contributed by atoms with E-state index in [1.165, 1.54) is 24.5 Å². The minimum absolute atomic E-state index is 0.147. The molecule has 0 saturated carbocycles. The maximum atomic E-state index is 14.1. The van der Waals surface area contributed by atoms with E-state index in [1.54, 1.807) is 18.2 Å². The van der Waals surface area contributed by atoms with Gasteiger partial charge in [0.05, 0.1) is 11.3 Å². The summed E-state index contributed by atoms with van der Waals surface area (Å²) in [5.74, 6) is -5.08. The number of rotatable bonds is 5. The molecule has 8 nitrogen and oxygen atoms in total. The van der Waals surface area contributed by atoms with Gasteiger partial charge in [0.1, 0.15) is 12.0 Å². The summed E-state index contributed by atoms with van der Waals surface area (Å²) in [6, 6.07) is 9.99. The molecule has 0 radical (unpaired) electrons. The van der Waals surface area contributed by atoms with Gasteiger partial charge in [-0.3, -0.25) is 0 Å². The fraction of sp³-hybridized carbons (Fsp3) is 0.214. The summed E-state index contributed by atoms with van der Waals surface area (Å²) in [5, 5.41) is 6.03. The van der Waals surface area contributed by atoms with Crippen LogP contribution in [0, 0.1) is 24.4 Å². The molecule has 44 heavy (non-hydrogen) atoms. The molecular formula is C28H23F7N6O2Os-2. The molecule has 1 saturated heterocycles. The van der Waals surface area contributed by atoms with Crippen molar-refractivity contribution < 1.29 is 57.6 Å². The Morgan fingerprint density at radius 3 is 2.41 bits per heavy atom. The zero-order valence-electron chi connectivity index (χ0n) is 22.4. The van der Waals surface area contributed by atoms with Crippen LogP contribution in [0.1, 0.15) is 17.5 Å². The van der Waals surface area contributed by atoms with Gasteiger partial charge >= 0.3 is 28.3 Å².